The first-order chi connectivity index (χ1) is 9.58. The van der Waals surface area contributed by atoms with Crippen LogP contribution >= 0.6 is 27.3 Å². The number of hydrogen-bond donors (Lipinski definition) is 1. The van der Waals surface area contributed by atoms with Crippen molar-refractivity contribution in [3.05, 3.63) is 50.1 Å². The third-order valence-electron chi connectivity index (χ3n) is 2.74. The van der Waals surface area contributed by atoms with E-state index < -0.39 is 11.6 Å². The van der Waals surface area contributed by atoms with Crippen molar-refractivity contribution in [1.82, 2.24) is 5.32 Å². The van der Waals surface area contributed by atoms with Crippen molar-refractivity contribution in [1.29, 1.82) is 0 Å². The van der Waals surface area contributed by atoms with Gasteiger partial charge in [-0.2, -0.15) is 0 Å². The second-order valence-corrected chi connectivity index (χ2v) is 6.11. The van der Waals surface area contributed by atoms with Crippen LogP contribution in [0, 0.1) is 18.6 Å². The average molecular weight is 362 g/mol. The van der Waals surface area contributed by atoms with Crippen LogP contribution in [0.2, 0.25) is 0 Å². The molecular weight excluding hydrogens is 348 g/mol. The van der Waals surface area contributed by atoms with E-state index in [-0.39, 0.29) is 10.2 Å². The van der Waals surface area contributed by atoms with Gasteiger partial charge in [-0.15, -0.1) is 11.3 Å². The van der Waals surface area contributed by atoms with E-state index in [0.717, 1.165) is 12.6 Å². The first kappa shape index (κ1) is 15.4. The van der Waals surface area contributed by atoms with Crippen LogP contribution in [0.1, 0.15) is 10.4 Å². The summed E-state index contributed by atoms with van der Waals surface area (Å²) in [5.74, 6) is -1.29. The molecule has 1 aromatic heterocycles. The van der Waals surface area contributed by atoms with Crippen molar-refractivity contribution in [3.8, 4) is 5.75 Å². The van der Waals surface area contributed by atoms with Crippen molar-refractivity contribution in [2.24, 2.45) is 0 Å². The number of halogens is 3. The maximum absolute atomic E-state index is 13.5. The summed E-state index contributed by atoms with van der Waals surface area (Å²) in [4.78, 5) is 1.28. The Morgan fingerprint density at radius 2 is 2.15 bits per heavy atom. The van der Waals surface area contributed by atoms with Gasteiger partial charge < -0.3 is 10.1 Å². The molecule has 108 valence electrons. The fourth-order valence-corrected chi connectivity index (χ4v) is 3.08. The molecule has 0 radical (unpaired) electrons. The molecule has 0 bridgehead atoms. The van der Waals surface area contributed by atoms with Crippen LogP contribution in [-0.2, 0) is 6.54 Å². The van der Waals surface area contributed by atoms with Crippen LogP contribution < -0.4 is 10.1 Å². The van der Waals surface area contributed by atoms with Gasteiger partial charge in [0.15, 0.2) is 11.6 Å². The van der Waals surface area contributed by atoms with Crippen molar-refractivity contribution in [2.45, 2.75) is 13.5 Å². The summed E-state index contributed by atoms with van der Waals surface area (Å²) < 4.78 is 32.0. The summed E-state index contributed by atoms with van der Waals surface area (Å²) in [6, 6.07) is 4.06. The molecule has 2 nitrogen and oxygen atoms in total. The van der Waals surface area contributed by atoms with Gasteiger partial charge in [0.2, 0.25) is 0 Å². The first-order valence-corrected chi connectivity index (χ1v) is 7.76. The molecule has 20 heavy (non-hydrogen) atoms. The normalized spacial score (nSPS) is 10.8. The molecule has 0 saturated heterocycles. The number of ether oxygens (including phenoxy) is 1. The zero-order chi connectivity index (χ0) is 14.5. The van der Waals surface area contributed by atoms with E-state index in [1.54, 1.807) is 11.3 Å². The van der Waals surface area contributed by atoms with E-state index in [1.165, 1.54) is 16.5 Å². The minimum atomic E-state index is -0.703. The Balaban J connectivity index is 1.78. The van der Waals surface area contributed by atoms with E-state index in [9.17, 15) is 8.78 Å². The van der Waals surface area contributed by atoms with Gasteiger partial charge in [-0.05, 0) is 45.9 Å². The Morgan fingerprint density at radius 1 is 1.35 bits per heavy atom. The van der Waals surface area contributed by atoms with Gasteiger partial charge in [-0.3, -0.25) is 0 Å². The third kappa shape index (κ3) is 4.01. The van der Waals surface area contributed by atoms with Gasteiger partial charge >= 0.3 is 0 Å². The molecule has 2 rings (SSSR count). The van der Waals surface area contributed by atoms with Gasteiger partial charge in [0.05, 0.1) is 4.47 Å². The van der Waals surface area contributed by atoms with Gasteiger partial charge in [0.25, 0.3) is 0 Å². The number of hydrogen-bond acceptors (Lipinski definition) is 3. The van der Waals surface area contributed by atoms with Crippen LogP contribution in [0.3, 0.4) is 0 Å². The largest absolute Gasteiger partial charge is 0.488 e. The topological polar surface area (TPSA) is 21.3 Å². The fraction of sp³-hybridized carbons (Fsp3) is 0.286. The molecule has 0 aliphatic heterocycles. The van der Waals surface area contributed by atoms with Gasteiger partial charge in [0.1, 0.15) is 12.4 Å². The minimum Gasteiger partial charge on any atom is -0.488 e. The summed E-state index contributed by atoms with van der Waals surface area (Å²) in [6.45, 7) is 3.72. The molecule has 0 saturated carbocycles. The maximum Gasteiger partial charge on any atom is 0.169 e. The number of rotatable bonds is 6. The fourth-order valence-electron chi connectivity index (χ4n) is 1.68. The monoisotopic (exact) mass is 361 g/mol. The quantitative estimate of drug-likeness (QED) is 0.776. The number of aryl methyl sites for hydroxylation is 1. The molecule has 0 amide bonds. The van der Waals surface area contributed by atoms with Gasteiger partial charge in [-0.1, -0.05) is 0 Å². The van der Waals surface area contributed by atoms with Crippen molar-refractivity contribution in [2.75, 3.05) is 13.2 Å². The molecular formula is C14H14BrF2NOS. The molecule has 1 heterocycles. The summed E-state index contributed by atoms with van der Waals surface area (Å²) in [5.41, 5.74) is 1.26. The highest BCUT2D eigenvalue weighted by Crippen LogP contribution is 2.29. The highest BCUT2D eigenvalue weighted by atomic mass is 79.9. The summed E-state index contributed by atoms with van der Waals surface area (Å²) >= 11 is 4.78. The molecule has 0 atom stereocenters. The lowest BCUT2D eigenvalue weighted by Gasteiger charge is -2.10. The first-order valence-electron chi connectivity index (χ1n) is 6.09. The molecule has 1 aromatic carbocycles. The predicted molar refractivity (Wildman–Crippen MR) is 80.3 cm³/mol. The summed E-state index contributed by atoms with van der Waals surface area (Å²) in [6.07, 6.45) is 0. The maximum atomic E-state index is 13.5. The van der Waals surface area contributed by atoms with Crippen LogP contribution in [0.5, 0.6) is 5.75 Å². The van der Waals surface area contributed by atoms with E-state index >= 15 is 0 Å². The Kier molecular flexibility index (Phi) is 5.51. The van der Waals surface area contributed by atoms with Gasteiger partial charge in [-0.25, -0.2) is 8.78 Å². The average Bonchev–Trinajstić information content (AvgIpc) is 2.77. The Labute approximate surface area is 128 Å². The third-order valence-corrected chi connectivity index (χ3v) is 4.35. The Morgan fingerprint density at radius 3 is 2.80 bits per heavy atom. The minimum absolute atomic E-state index is 0.0421. The van der Waals surface area contributed by atoms with Crippen LogP contribution in [0.4, 0.5) is 8.78 Å². The SMILES string of the molecule is Cc1ccsc1CNCCOc1c(F)cc(F)cc1Br. The van der Waals surface area contributed by atoms with Crippen LogP contribution in [0.15, 0.2) is 28.1 Å². The Hall–Kier alpha value is -0.980. The zero-order valence-electron chi connectivity index (χ0n) is 10.9. The lowest BCUT2D eigenvalue weighted by molar-refractivity contribution is 0.295. The smallest absolute Gasteiger partial charge is 0.169 e. The van der Waals surface area contributed by atoms with E-state index in [0.29, 0.717) is 13.2 Å². The molecule has 0 unspecified atom stereocenters. The Bertz CT molecular complexity index is 565. The molecule has 2 aromatic rings. The molecule has 1 N–H and O–H groups in total. The molecule has 6 heteroatoms. The molecule has 0 aliphatic carbocycles. The zero-order valence-corrected chi connectivity index (χ0v) is 13.3. The van der Waals surface area contributed by atoms with Gasteiger partial charge in [0, 0.05) is 24.0 Å². The summed E-state index contributed by atoms with van der Waals surface area (Å²) in [5, 5.41) is 5.27. The highest BCUT2D eigenvalue weighted by Gasteiger charge is 2.10. The van der Waals surface area contributed by atoms with E-state index in [4.69, 9.17) is 4.74 Å². The predicted octanol–water partition coefficient (Wildman–Crippen LogP) is 4.27. The number of thiophene rings is 1. The number of benzene rings is 1. The van der Waals surface area contributed by atoms with E-state index in [1.807, 2.05) is 5.38 Å². The molecule has 0 fully saturated rings. The summed E-state index contributed by atoms with van der Waals surface area (Å²) in [7, 11) is 0. The molecule has 0 spiro atoms. The highest BCUT2D eigenvalue weighted by molar-refractivity contribution is 9.10. The van der Waals surface area contributed by atoms with E-state index in [2.05, 4.69) is 34.2 Å². The van der Waals surface area contributed by atoms with Crippen LogP contribution in [0.25, 0.3) is 0 Å². The van der Waals surface area contributed by atoms with Crippen molar-refractivity contribution in [3.63, 3.8) is 0 Å². The standard InChI is InChI=1S/C14H14BrF2NOS/c1-9-2-5-20-13(9)8-18-3-4-19-14-11(15)6-10(16)7-12(14)17/h2,5-7,18H,3-4,8H2,1H3. The van der Waals surface area contributed by atoms with Crippen molar-refractivity contribution < 1.29 is 13.5 Å². The second-order valence-electron chi connectivity index (χ2n) is 4.25. The number of nitrogens with one attached hydrogen (secondary N) is 1. The molecule has 0 aliphatic rings. The second kappa shape index (κ2) is 7.15. The van der Waals surface area contributed by atoms with Crippen molar-refractivity contribution >= 4 is 27.3 Å². The van der Waals surface area contributed by atoms with Crippen LogP contribution in [-0.4, -0.2) is 13.2 Å². The lowest BCUT2D eigenvalue weighted by atomic mass is 10.3. The lowest BCUT2D eigenvalue weighted by Crippen LogP contribution is -2.20.